The number of hydrogen-bond acceptors (Lipinski definition) is 10. The van der Waals surface area contributed by atoms with Gasteiger partial charge in [0.1, 0.15) is 18.3 Å². The summed E-state index contributed by atoms with van der Waals surface area (Å²) < 4.78 is 36.7. The fraction of sp³-hybridized carbons (Fsp3) is 0.793. The zero-order valence-electron chi connectivity index (χ0n) is 23.8. The Morgan fingerprint density at radius 1 is 1.00 bits per heavy atom. The van der Waals surface area contributed by atoms with Crippen LogP contribution in [-0.4, -0.2) is 73.7 Å². The van der Waals surface area contributed by atoms with Gasteiger partial charge in [-0.15, -0.1) is 0 Å². The Kier molecular flexibility index (Phi) is 6.69. The number of ether oxygens (including phenoxy) is 6. The summed E-state index contributed by atoms with van der Waals surface area (Å²) in [5.74, 6) is -2.10. The quantitative estimate of drug-likeness (QED) is 0.219. The van der Waals surface area contributed by atoms with Crippen LogP contribution in [0.25, 0.3) is 0 Å². The minimum Gasteiger partial charge on any atom is -0.465 e. The number of carbonyl (C=O) groups is 4. The molecule has 0 N–H and O–H groups in total. The molecule has 5 fully saturated rings. The van der Waals surface area contributed by atoms with E-state index in [0.29, 0.717) is 38.0 Å². The van der Waals surface area contributed by atoms with Gasteiger partial charge in [0.05, 0.1) is 37.3 Å². The molecule has 3 heterocycles. The third-order valence-electron chi connectivity index (χ3n) is 10.5. The molecule has 0 aromatic carbocycles. The highest BCUT2D eigenvalue weighted by Gasteiger charge is 2.82. The summed E-state index contributed by atoms with van der Waals surface area (Å²) in [4.78, 5) is 50.6. The predicted molar refractivity (Wildman–Crippen MR) is 135 cm³/mol. The van der Waals surface area contributed by atoms with Crippen molar-refractivity contribution >= 4 is 23.9 Å². The van der Waals surface area contributed by atoms with Crippen molar-refractivity contribution in [2.75, 3.05) is 26.4 Å². The number of carbonyl (C=O) groups excluding carboxylic acids is 4. The molecule has 10 nitrogen and oxygen atoms in total. The average Bonchev–Trinajstić information content (AvgIpc) is 3.56. The molecule has 8 atom stereocenters. The maximum Gasteiger partial charge on any atom is 0.333 e. The highest BCUT2D eigenvalue weighted by Crippen LogP contribution is 2.72. The summed E-state index contributed by atoms with van der Waals surface area (Å²) in [6.45, 7) is 11.0. The standard InChI is InChI=1S/C29H40O10/c1-7-17(2)24(33)39-23-22(38-19(4)31)25(5)12-27(11-21(32)35-13-27)14-36-26(25,6)20-9-8-10-28(15-37-28)29(20,23)16-34-18(3)30/h7,20,22-23H,8-16H2,1-6H3/b17-7+/t20-,22+,23+,25+,26-,27+,28+,29+/m1/s1. The SMILES string of the molecule is C/C=C(\C)C(=O)O[C@H]1[C@H](OC(C)=O)[C@]2(C)C[C@@]3(COC(=O)C3)CO[C@]2(C)[C@H]2CCC[C@]3(CO3)[C@]12COC(C)=O. The largest absolute Gasteiger partial charge is 0.465 e. The molecule has 0 radical (unpaired) electrons. The summed E-state index contributed by atoms with van der Waals surface area (Å²) in [5.41, 5.74) is -3.70. The monoisotopic (exact) mass is 548 g/mol. The van der Waals surface area contributed by atoms with Gasteiger partial charge in [0, 0.05) is 36.2 Å². The van der Waals surface area contributed by atoms with E-state index in [9.17, 15) is 19.2 Å². The van der Waals surface area contributed by atoms with Crippen molar-refractivity contribution in [2.24, 2.45) is 22.2 Å². The maximum absolute atomic E-state index is 13.4. The van der Waals surface area contributed by atoms with E-state index in [0.717, 1.165) is 6.42 Å². The second-order valence-electron chi connectivity index (χ2n) is 12.7. The fourth-order valence-corrected chi connectivity index (χ4v) is 8.33. The van der Waals surface area contributed by atoms with Crippen LogP contribution in [0.15, 0.2) is 11.6 Å². The van der Waals surface area contributed by atoms with E-state index in [4.69, 9.17) is 28.4 Å². The molecule has 3 aliphatic heterocycles. The molecule has 0 aromatic heterocycles. The molecule has 216 valence electrons. The zero-order valence-corrected chi connectivity index (χ0v) is 23.8. The van der Waals surface area contributed by atoms with Gasteiger partial charge in [0.25, 0.3) is 0 Å². The van der Waals surface area contributed by atoms with Gasteiger partial charge in [-0.25, -0.2) is 4.79 Å². The number of esters is 4. The van der Waals surface area contributed by atoms with Crippen LogP contribution in [0, 0.1) is 22.2 Å². The number of allylic oxidation sites excluding steroid dienone is 1. The lowest BCUT2D eigenvalue weighted by Gasteiger charge is -2.70. The van der Waals surface area contributed by atoms with E-state index >= 15 is 0 Å². The van der Waals surface area contributed by atoms with Crippen LogP contribution < -0.4 is 0 Å². The molecule has 10 heteroatoms. The average molecular weight is 549 g/mol. The van der Waals surface area contributed by atoms with Crippen molar-refractivity contribution in [3.05, 3.63) is 11.6 Å². The maximum atomic E-state index is 13.4. The number of hydrogen-bond donors (Lipinski definition) is 0. The van der Waals surface area contributed by atoms with E-state index in [1.54, 1.807) is 19.9 Å². The number of fused-ring (bicyclic) bond motifs is 4. The summed E-state index contributed by atoms with van der Waals surface area (Å²) in [7, 11) is 0. The highest BCUT2D eigenvalue weighted by atomic mass is 16.6. The van der Waals surface area contributed by atoms with Gasteiger partial charge in [-0.2, -0.15) is 0 Å². The molecule has 2 spiro atoms. The summed E-state index contributed by atoms with van der Waals surface area (Å²) in [5, 5.41) is 0. The fourth-order valence-electron chi connectivity index (χ4n) is 8.33. The molecular weight excluding hydrogens is 508 g/mol. The Balaban J connectivity index is 1.72. The molecule has 0 bridgehead atoms. The minimum atomic E-state index is -1.03. The Morgan fingerprint density at radius 3 is 2.28 bits per heavy atom. The summed E-state index contributed by atoms with van der Waals surface area (Å²) >= 11 is 0. The molecule has 0 unspecified atom stereocenters. The predicted octanol–water partition coefficient (Wildman–Crippen LogP) is 3.05. The van der Waals surface area contributed by atoms with Crippen molar-refractivity contribution in [3.63, 3.8) is 0 Å². The molecule has 39 heavy (non-hydrogen) atoms. The number of epoxide rings is 1. The van der Waals surface area contributed by atoms with Gasteiger partial charge >= 0.3 is 23.9 Å². The van der Waals surface area contributed by atoms with Crippen molar-refractivity contribution in [1.29, 1.82) is 0 Å². The Morgan fingerprint density at radius 2 is 1.72 bits per heavy atom. The zero-order chi connectivity index (χ0) is 28.4. The smallest absolute Gasteiger partial charge is 0.333 e. The number of rotatable bonds is 5. The third-order valence-corrected chi connectivity index (χ3v) is 10.5. The Labute approximate surface area is 229 Å². The van der Waals surface area contributed by atoms with E-state index in [1.807, 2.05) is 13.8 Å². The molecular formula is C29H40O10. The lowest BCUT2D eigenvalue weighted by molar-refractivity contribution is -0.349. The van der Waals surface area contributed by atoms with E-state index in [1.165, 1.54) is 13.8 Å². The lowest BCUT2D eigenvalue weighted by atomic mass is 9.40. The van der Waals surface area contributed by atoms with Gasteiger partial charge in [0.2, 0.25) is 0 Å². The highest BCUT2D eigenvalue weighted by molar-refractivity contribution is 5.88. The third kappa shape index (κ3) is 4.04. The topological polar surface area (TPSA) is 127 Å². The van der Waals surface area contributed by atoms with Gasteiger partial charge in [-0.05, 0) is 40.0 Å². The molecule has 5 rings (SSSR count). The first-order chi connectivity index (χ1) is 18.3. The van der Waals surface area contributed by atoms with Gasteiger partial charge in [0.15, 0.2) is 6.10 Å². The van der Waals surface area contributed by atoms with Crippen LogP contribution in [0.2, 0.25) is 0 Å². The second kappa shape index (κ2) is 9.29. The van der Waals surface area contributed by atoms with E-state index < -0.39 is 57.6 Å². The van der Waals surface area contributed by atoms with Crippen LogP contribution >= 0.6 is 0 Å². The molecule has 0 amide bonds. The van der Waals surface area contributed by atoms with Gasteiger partial charge in [-0.1, -0.05) is 19.4 Å². The van der Waals surface area contributed by atoms with E-state index in [2.05, 4.69) is 0 Å². The summed E-state index contributed by atoms with van der Waals surface area (Å²) in [6, 6.07) is 0. The second-order valence-corrected chi connectivity index (χ2v) is 12.7. The first kappa shape index (κ1) is 28.1. The molecule has 2 saturated carbocycles. The molecule has 2 aliphatic carbocycles. The summed E-state index contributed by atoms with van der Waals surface area (Å²) in [6.07, 6.45) is 2.62. The van der Waals surface area contributed by atoms with Crippen LogP contribution in [-0.2, 0) is 47.6 Å². The van der Waals surface area contributed by atoms with Crippen molar-refractivity contribution in [2.45, 2.75) is 97.1 Å². The van der Waals surface area contributed by atoms with Crippen molar-refractivity contribution < 1.29 is 47.6 Å². The normalized spacial score (nSPS) is 44.7. The van der Waals surface area contributed by atoms with Crippen molar-refractivity contribution in [1.82, 2.24) is 0 Å². The van der Waals surface area contributed by atoms with Gasteiger partial charge in [-0.3, -0.25) is 14.4 Å². The Hall–Kier alpha value is -2.46. The molecule has 5 aliphatic rings. The van der Waals surface area contributed by atoms with Gasteiger partial charge < -0.3 is 28.4 Å². The van der Waals surface area contributed by atoms with Crippen LogP contribution in [0.3, 0.4) is 0 Å². The molecule has 3 saturated heterocycles. The van der Waals surface area contributed by atoms with Crippen LogP contribution in [0.5, 0.6) is 0 Å². The minimum absolute atomic E-state index is 0.0701. The van der Waals surface area contributed by atoms with Crippen LogP contribution in [0.4, 0.5) is 0 Å². The number of cyclic esters (lactones) is 1. The lowest BCUT2D eigenvalue weighted by Crippen LogP contribution is -2.80. The molecule has 0 aromatic rings. The Bertz CT molecular complexity index is 1110. The van der Waals surface area contributed by atoms with Crippen LogP contribution in [0.1, 0.15) is 73.6 Å². The first-order valence-electron chi connectivity index (χ1n) is 13.9. The van der Waals surface area contributed by atoms with E-state index in [-0.39, 0.29) is 31.5 Å². The van der Waals surface area contributed by atoms with Crippen molar-refractivity contribution in [3.8, 4) is 0 Å². The first-order valence-corrected chi connectivity index (χ1v) is 13.9.